The zero-order chi connectivity index (χ0) is 15.8. The van der Waals surface area contributed by atoms with Crippen molar-refractivity contribution in [3.63, 3.8) is 0 Å². The van der Waals surface area contributed by atoms with Crippen LogP contribution < -0.4 is 5.73 Å². The number of nitrogens with two attached hydrogens (primary N) is 1. The number of halogens is 1. The lowest BCUT2D eigenvalue weighted by Gasteiger charge is -2.12. The van der Waals surface area contributed by atoms with E-state index in [9.17, 15) is 0 Å². The maximum absolute atomic E-state index is 6.15. The number of hydrogen-bond donors (Lipinski definition) is 1. The number of nitrogen functional groups attached to an aromatic ring is 1. The second kappa shape index (κ2) is 6.06. The van der Waals surface area contributed by atoms with E-state index in [1.165, 1.54) is 25.7 Å². The van der Waals surface area contributed by atoms with E-state index in [0.29, 0.717) is 11.9 Å². The number of nitrogens with zero attached hydrogens (tertiary/aromatic N) is 3. The molecule has 1 fully saturated rings. The van der Waals surface area contributed by atoms with Gasteiger partial charge in [0.1, 0.15) is 17.8 Å². The van der Waals surface area contributed by atoms with Gasteiger partial charge in [0.15, 0.2) is 0 Å². The van der Waals surface area contributed by atoms with E-state index in [1.807, 2.05) is 18.2 Å². The first kappa shape index (κ1) is 14.8. The van der Waals surface area contributed by atoms with Gasteiger partial charge in [-0.25, -0.2) is 9.97 Å². The Balaban J connectivity index is 1.82. The molecular formula is C17H17ClN4S. The Labute approximate surface area is 144 Å². The number of benzene rings is 1. The Hall–Kier alpha value is -1.72. The molecule has 4 nitrogen and oxygen atoms in total. The second-order valence-corrected chi connectivity index (χ2v) is 7.41. The van der Waals surface area contributed by atoms with Gasteiger partial charge in [-0.15, -0.1) is 0 Å². The fourth-order valence-electron chi connectivity index (χ4n) is 3.27. The number of fused-ring (bicyclic) bond motifs is 1. The Morgan fingerprint density at radius 2 is 2.04 bits per heavy atom. The first-order valence-electron chi connectivity index (χ1n) is 7.77. The zero-order valence-electron chi connectivity index (χ0n) is 12.6. The van der Waals surface area contributed by atoms with E-state index in [4.69, 9.17) is 17.3 Å². The van der Waals surface area contributed by atoms with Gasteiger partial charge < -0.3 is 10.3 Å². The van der Waals surface area contributed by atoms with Crippen LogP contribution >= 0.6 is 23.4 Å². The van der Waals surface area contributed by atoms with Gasteiger partial charge >= 0.3 is 0 Å². The molecule has 0 saturated heterocycles. The van der Waals surface area contributed by atoms with E-state index in [-0.39, 0.29) is 0 Å². The van der Waals surface area contributed by atoms with Gasteiger partial charge in [-0.3, -0.25) is 0 Å². The molecule has 1 saturated carbocycles. The topological polar surface area (TPSA) is 56.7 Å². The highest BCUT2D eigenvalue weighted by atomic mass is 35.5. The van der Waals surface area contributed by atoms with Gasteiger partial charge in [0.05, 0.1) is 5.39 Å². The van der Waals surface area contributed by atoms with Gasteiger partial charge in [0, 0.05) is 27.1 Å². The van der Waals surface area contributed by atoms with Crippen LogP contribution in [0.3, 0.4) is 0 Å². The molecule has 0 aliphatic heterocycles. The lowest BCUT2D eigenvalue weighted by atomic mass is 10.2. The Bertz CT molecular complexity index is 855. The van der Waals surface area contributed by atoms with Crippen molar-refractivity contribution in [2.45, 2.75) is 41.5 Å². The van der Waals surface area contributed by atoms with Gasteiger partial charge in [0.2, 0.25) is 0 Å². The van der Waals surface area contributed by atoms with Crippen molar-refractivity contribution in [1.82, 2.24) is 14.5 Å². The van der Waals surface area contributed by atoms with Crippen LogP contribution in [0.4, 0.5) is 5.82 Å². The van der Waals surface area contributed by atoms with Crippen LogP contribution in [0.2, 0.25) is 5.02 Å². The van der Waals surface area contributed by atoms with Crippen molar-refractivity contribution in [1.29, 1.82) is 0 Å². The minimum Gasteiger partial charge on any atom is -0.383 e. The first-order valence-corrected chi connectivity index (χ1v) is 8.96. The molecule has 118 valence electrons. The predicted molar refractivity (Wildman–Crippen MR) is 95.0 cm³/mol. The third kappa shape index (κ3) is 2.79. The second-order valence-electron chi connectivity index (χ2n) is 5.86. The number of anilines is 1. The van der Waals surface area contributed by atoms with Crippen LogP contribution in [0, 0.1) is 0 Å². The van der Waals surface area contributed by atoms with E-state index >= 15 is 0 Å². The maximum Gasteiger partial charge on any atom is 0.146 e. The van der Waals surface area contributed by atoms with E-state index in [1.54, 1.807) is 18.1 Å². The van der Waals surface area contributed by atoms with E-state index < -0.39 is 0 Å². The average Bonchev–Trinajstić information content (AvgIpc) is 3.16. The van der Waals surface area contributed by atoms with Crippen LogP contribution in [0.1, 0.15) is 31.7 Å². The van der Waals surface area contributed by atoms with Crippen LogP contribution in [0.5, 0.6) is 0 Å². The van der Waals surface area contributed by atoms with E-state index in [2.05, 4.69) is 26.8 Å². The van der Waals surface area contributed by atoms with Crippen molar-refractivity contribution < 1.29 is 0 Å². The highest BCUT2D eigenvalue weighted by Crippen LogP contribution is 2.40. The van der Waals surface area contributed by atoms with Gasteiger partial charge in [0.25, 0.3) is 0 Å². The number of hydrogen-bond acceptors (Lipinski definition) is 4. The normalized spacial score (nSPS) is 15.5. The quantitative estimate of drug-likeness (QED) is 0.731. The molecule has 2 aromatic heterocycles. The Morgan fingerprint density at radius 1 is 1.22 bits per heavy atom. The molecule has 0 atom stereocenters. The van der Waals surface area contributed by atoms with Crippen molar-refractivity contribution in [2.24, 2.45) is 0 Å². The third-order valence-corrected chi connectivity index (χ3v) is 5.60. The highest BCUT2D eigenvalue weighted by Gasteiger charge is 2.22. The summed E-state index contributed by atoms with van der Waals surface area (Å²) in [6.07, 6.45) is 8.70. The first-order chi connectivity index (χ1) is 11.2. The monoisotopic (exact) mass is 344 g/mol. The SMILES string of the molecule is Nc1ncnc2c1c(Sc1cccc(Cl)c1)cn2C1CCCC1. The fourth-order valence-corrected chi connectivity index (χ4v) is 4.57. The van der Waals surface area contributed by atoms with Crippen LogP contribution in [0.25, 0.3) is 11.0 Å². The largest absolute Gasteiger partial charge is 0.383 e. The summed E-state index contributed by atoms with van der Waals surface area (Å²) in [5, 5.41) is 1.68. The van der Waals surface area contributed by atoms with Crippen molar-refractivity contribution >= 4 is 40.2 Å². The summed E-state index contributed by atoms with van der Waals surface area (Å²) >= 11 is 7.76. The number of rotatable bonds is 3. The lowest BCUT2D eigenvalue weighted by Crippen LogP contribution is -2.04. The maximum atomic E-state index is 6.15. The molecule has 1 aliphatic rings. The standard InChI is InChI=1S/C17H17ClN4S/c18-11-4-3-7-13(8-11)23-14-9-22(12-5-1-2-6-12)17-15(14)16(19)20-10-21-17/h3-4,7-10,12H,1-2,5-6H2,(H2,19,20,21). The molecule has 6 heteroatoms. The lowest BCUT2D eigenvalue weighted by molar-refractivity contribution is 0.530. The van der Waals surface area contributed by atoms with Crippen molar-refractivity contribution in [2.75, 3.05) is 5.73 Å². The third-order valence-electron chi connectivity index (χ3n) is 4.35. The molecule has 0 amide bonds. The van der Waals surface area contributed by atoms with Crippen LogP contribution in [0.15, 0.2) is 46.6 Å². The summed E-state index contributed by atoms with van der Waals surface area (Å²) in [5.74, 6) is 0.538. The molecule has 3 aromatic rings. The van der Waals surface area contributed by atoms with Crippen LogP contribution in [-0.2, 0) is 0 Å². The van der Waals surface area contributed by atoms with Crippen molar-refractivity contribution in [3.05, 3.63) is 41.8 Å². The molecular weight excluding hydrogens is 328 g/mol. The smallest absolute Gasteiger partial charge is 0.146 e. The fraction of sp³-hybridized carbons (Fsp3) is 0.294. The summed E-state index contributed by atoms with van der Waals surface area (Å²) in [7, 11) is 0. The average molecular weight is 345 g/mol. The summed E-state index contributed by atoms with van der Waals surface area (Å²) in [6, 6.07) is 8.37. The van der Waals surface area contributed by atoms with Crippen molar-refractivity contribution in [3.8, 4) is 0 Å². The summed E-state index contributed by atoms with van der Waals surface area (Å²) in [4.78, 5) is 10.9. The minimum absolute atomic E-state index is 0.514. The highest BCUT2D eigenvalue weighted by molar-refractivity contribution is 7.99. The summed E-state index contributed by atoms with van der Waals surface area (Å²) < 4.78 is 2.28. The molecule has 23 heavy (non-hydrogen) atoms. The summed E-state index contributed by atoms with van der Waals surface area (Å²) in [6.45, 7) is 0. The summed E-state index contributed by atoms with van der Waals surface area (Å²) in [5.41, 5.74) is 7.09. The van der Waals surface area contributed by atoms with Gasteiger partial charge in [-0.2, -0.15) is 0 Å². The number of aromatic nitrogens is 3. The molecule has 0 spiro atoms. The van der Waals surface area contributed by atoms with E-state index in [0.717, 1.165) is 25.8 Å². The van der Waals surface area contributed by atoms with Crippen LogP contribution in [-0.4, -0.2) is 14.5 Å². The minimum atomic E-state index is 0.514. The Kier molecular flexibility index (Phi) is 3.91. The Morgan fingerprint density at radius 3 is 2.83 bits per heavy atom. The molecule has 0 unspecified atom stereocenters. The molecule has 0 radical (unpaired) electrons. The van der Waals surface area contributed by atoms with Gasteiger partial charge in [-0.05, 0) is 31.0 Å². The molecule has 4 rings (SSSR count). The molecule has 2 N–H and O–H groups in total. The molecule has 2 heterocycles. The van der Waals surface area contributed by atoms with Gasteiger partial charge in [-0.1, -0.05) is 42.3 Å². The molecule has 1 aromatic carbocycles. The zero-order valence-corrected chi connectivity index (χ0v) is 14.1. The molecule has 0 bridgehead atoms. The molecule has 1 aliphatic carbocycles. The predicted octanol–water partition coefficient (Wildman–Crippen LogP) is 4.93.